The van der Waals surface area contributed by atoms with Gasteiger partial charge in [-0.3, -0.25) is 4.79 Å². The first-order valence-corrected chi connectivity index (χ1v) is 10.3. The van der Waals surface area contributed by atoms with Crippen molar-refractivity contribution in [3.05, 3.63) is 22.8 Å². The number of Topliss-reactive ketones (excluding diaryl/α,β-unsaturated/α-hetero) is 1. The van der Waals surface area contributed by atoms with Crippen LogP contribution >= 0.6 is 0 Å². The molecule has 1 heterocycles. The summed E-state index contributed by atoms with van der Waals surface area (Å²) in [6, 6.07) is 2.07. The monoisotopic (exact) mass is 356 g/mol. The molecule has 0 amide bonds. The Bertz CT molecular complexity index is 763. The maximum Gasteiger partial charge on any atom is 0.163 e. The lowest BCUT2D eigenvalue weighted by atomic mass is 9.45. The molecular weight excluding hydrogens is 324 g/mol. The van der Waals surface area contributed by atoms with Crippen molar-refractivity contribution < 1.29 is 14.6 Å². The van der Waals surface area contributed by atoms with Gasteiger partial charge in [0.05, 0.1) is 5.56 Å². The summed E-state index contributed by atoms with van der Waals surface area (Å²) in [6.07, 6.45) is 6.41. The van der Waals surface area contributed by atoms with Crippen molar-refractivity contribution in [3.63, 3.8) is 0 Å². The molecule has 3 aliphatic rings. The fourth-order valence-electron chi connectivity index (χ4n) is 6.38. The van der Waals surface area contributed by atoms with Crippen LogP contribution in [0.25, 0.3) is 0 Å². The number of benzene rings is 1. The molecule has 0 aromatic heterocycles. The minimum absolute atomic E-state index is 0.0368. The molecule has 0 bridgehead atoms. The summed E-state index contributed by atoms with van der Waals surface area (Å²) >= 11 is 0. The van der Waals surface area contributed by atoms with E-state index in [1.165, 1.54) is 6.42 Å². The van der Waals surface area contributed by atoms with Gasteiger partial charge in [0.1, 0.15) is 17.1 Å². The number of rotatable bonds is 5. The molecule has 0 radical (unpaired) electrons. The summed E-state index contributed by atoms with van der Waals surface area (Å²) in [5.41, 5.74) is 2.42. The van der Waals surface area contributed by atoms with Crippen LogP contribution in [0.15, 0.2) is 6.07 Å². The maximum absolute atomic E-state index is 12.4. The Labute approximate surface area is 157 Å². The molecule has 1 N–H and O–H groups in total. The normalized spacial score (nSPS) is 33.0. The Morgan fingerprint density at radius 3 is 2.69 bits per heavy atom. The second kappa shape index (κ2) is 5.74. The fraction of sp³-hybridized carbons (Fsp3) is 0.696. The second-order valence-electron chi connectivity index (χ2n) is 9.57. The standard InChI is InChI=1S/C23H32O3/c1-6-7-8-9-14-12-16-18(21(25)17(14)13(2)24)20-19-15(22(20,3)4)10-11-23(19,5)26-16/h12,15,19-20,25H,6-11H2,1-5H3/t15?,19-,20?,23-/m1/s1. The van der Waals surface area contributed by atoms with E-state index < -0.39 is 0 Å². The molecule has 2 fully saturated rings. The molecule has 2 aliphatic carbocycles. The molecule has 142 valence electrons. The number of phenols is 1. The molecular formula is C23H32O3. The molecule has 2 unspecified atom stereocenters. The molecule has 3 heteroatoms. The lowest BCUT2D eigenvalue weighted by Crippen LogP contribution is -2.59. The number of ether oxygens (including phenoxy) is 1. The number of carbonyl (C=O) groups is 1. The van der Waals surface area contributed by atoms with Gasteiger partial charge in [-0.05, 0) is 62.5 Å². The van der Waals surface area contributed by atoms with Crippen molar-refractivity contribution >= 4 is 5.78 Å². The van der Waals surface area contributed by atoms with Crippen LogP contribution in [0.1, 0.15) is 94.1 Å². The maximum atomic E-state index is 12.4. The highest BCUT2D eigenvalue weighted by Gasteiger charge is 2.69. The predicted octanol–water partition coefficient (Wildman–Crippen LogP) is 5.63. The molecule has 4 atom stereocenters. The highest BCUT2D eigenvalue weighted by molar-refractivity contribution is 5.99. The van der Waals surface area contributed by atoms with Crippen LogP contribution < -0.4 is 4.74 Å². The van der Waals surface area contributed by atoms with Crippen LogP contribution in [0.5, 0.6) is 11.5 Å². The minimum atomic E-state index is -0.122. The average molecular weight is 357 g/mol. The van der Waals surface area contributed by atoms with Crippen LogP contribution in [0, 0.1) is 17.3 Å². The van der Waals surface area contributed by atoms with Gasteiger partial charge in [-0.2, -0.15) is 0 Å². The van der Waals surface area contributed by atoms with E-state index in [4.69, 9.17) is 4.74 Å². The molecule has 1 aliphatic heterocycles. The van der Waals surface area contributed by atoms with Crippen LogP contribution in [0.3, 0.4) is 0 Å². The number of hydrogen-bond donors (Lipinski definition) is 1. The molecule has 26 heavy (non-hydrogen) atoms. The molecule has 0 spiro atoms. The van der Waals surface area contributed by atoms with E-state index in [0.29, 0.717) is 17.4 Å². The largest absolute Gasteiger partial charge is 0.507 e. The van der Waals surface area contributed by atoms with Crippen LogP contribution in [0.4, 0.5) is 0 Å². The summed E-state index contributed by atoms with van der Waals surface area (Å²) in [5, 5.41) is 11.2. The smallest absolute Gasteiger partial charge is 0.163 e. The first-order chi connectivity index (χ1) is 12.2. The number of unbranched alkanes of at least 4 members (excludes halogenated alkanes) is 2. The minimum Gasteiger partial charge on any atom is -0.507 e. The zero-order valence-corrected chi connectivity index (χ0v) is 16.8. The van der Waals surface area contributed by atoms with Crippen molar-refractivity contribution in [3.8, 4) is 11.5 Å². The Morgan fingerprint density at radius 2 is 2.04 bits per heavy atom. The van der Waals surface area contributed by atoms with Crippen LogP contribution in [-0.4, -0.2) is 16.5 Å². The highest BCUT2D eigenvalue weighted by atomic mass is 16.5. The van der Waals surface area contributed by atoms with E-state index in [1.807, 2.05) is 0 Å². The molecule has 1 aromatic rings. The van der Waals surface area contributed by atoms with E-state index in [0.717, 1.165) is 49.0 Å². The summed E-state index contributed by atoms with van der Waals surface area (Å²) in [7, 11) is 0. The van der Waals surface area contributed by atoms with Gasteiger partial charge in [0.25, 0.3) is 0 Å². The van der Waals surface area contributed by atoms with Gasteiger partial charge < -0.3 is 9.84 Å². The SMILES string of the molecule is CCCCCc1cc2c(c(O)c1C(C)=O)C1[C@H]3C(CC[C@@]3(C)O2)C1(C)C. The van der Waals surface area contributed by atoms with Gasteiger partial charge >= 0.3 is 0 Å². The van der Waals surface area contributed by atoms with Crippen molar-refractivity contribution in [2.45, 2.75) is 84.7 Å². The number of carbonyl (C=O) groups excluding carboxylic acids is 1. The predicted molar refractivity (Wildman–Crippen MR) is 103 cm³/mol. The van der Waals surface area contributed by atoms with E-state index in [2.05, 4.69) is 33.8 Å². The quantitative estimate of drug-likeness (QED) is 0.549. The van der Waals surface area contributed by atoms with Crippen molar-refractivity contribution in [2.24, 2.45) is 17.3 Å². The fourth-order valence-corrected chi connectivity index (χ4v) is 6.38. The van der Waals surface area contributed by atoms with E-state index >= 15 is 0 Å². The third-order valence-corrected chi connectivity index (χ3v) is 7.65. The Morgan fingerprint density at radius 1 is 1.31 bits per heavy atom. The zero-order chi connectivity index (χ0) is 18.9. The summed E-state index contributed by atoms with van der Waals surface area (Å²) < 4.78 is 6.53. The van der Waals surface area contributed by atoms with Gasteiger partial charge in [0, 0.05) is 17.4 Å². The highest BCUT2D eigenvalue weighted by Crippen LogP contribution is 2.74. The molecule has 4 rings (SSSR count). The van der Waals surface area contributed by atoms with E-state index in [-0.39, 0.29) is 28.5 Å². The third-order valence-electron chi connectivity index (χ3n) is 7.65. The van der Waals surface area contributed by atoms with Gasteiger partial charge in [0.2, 0.25) is 0 Å². The third kappa shape index (κ3) is 2.21. The van der Waals surface area contributed by atoms with E-state index in [9.17, 15) is 9.90 Å². The van der Waals surface area contributed by atoms with E-state index in [1.54, 1.807) is 6.92 Å². The second-order valence-corrected chi connectivity index (χ2v) is 9.57. The van der Waals surface area contributed by atoms with Crippen molar-refractivity contribution in [2.75, 3.05) is 0 Å². The number of aromatic hydroxyl groups is 1. The van der Waals surface area contributed by atoms with Gasteiger partial charge in [0.15, 0.2) is 5.78 Å². The lowest BCUT2D eigenvalue weighted by Gasteiger charge is -2.62. The zero-order valence-electron chi connectivity index (χ0n) is 16.8. The Kier molecular flexibility index (Phi) is 3.95. The average Bonchev–Trinajstić information content (AvgIpc) is 2.88. The lowest BCUT2D eigenvalue weighted by molar-refractivity contribution is -0.121. The molecule has 0 saturated heterocycles. The number of fused-ring (bicyclic) bond motifs is 2. The number of phenolic OH excluding ortho intramolecular Hbond substituents is 1. The summed E-state index contributed by atoms with van der Waals surface area (Å²) in [6.45, 7) is 10.6. The number of hydrogen-bond acceptors (Lipinski definition) is 3. The molecule has 3 nitrogen and oxygen atoms in total. The topological polar surface area (TPSA) is 46.5 Å². The number of ketones is 1. The Hall–Kier alpha value is -1.51. The first-order valence-electron chi connectivity index (χ1n) is 10.3. The first kappa shape index (κ1) is 17.9. The van der Waals surface area contributed by atoms with Gasteiger partial charge in [-0.1, -0.05) is 33.6 Å². The molecule has 1 aromatic carbocycles. The number of aryl methyl sites for hydroxylation is 1. The summed E-state index contributed by atoms with van der Waals surface area (Å²) in [4.78, 5) is 12.4. The van der Waals surface area contributed by atoms with Crippen molar-refractivity contribution in [1.29, 1.82) is 0 Å². The van der Waals surface area contributed by atoms with Crippen LogP contribution in [0.2, 0.25) is 0 Å². The molecule has 2 saturated carbocycles. The van der Waals surface area contributed by atoms with Gasteiger partial charge in [-0.15, -0.1) is 0 Å². The van der Waals surface area contributed by atoms with Crippen molar-refractivity contribution in [1.82, 2.24) is 0 Å². The Balaban J connectivity index is 1.85. The summed E-state index contributed by atoms with van der Waals surface area (Å²) in [5.74, 6) is 2.39. The van der Waals surface area contributed by atoms with Gasteiger partial charge in [-0.25, -0.2) is 0 Å². The van der Waals surface area contributed by atoms with Crippen LogP contribution in [-0.2, 0) is 6.42 Å².